The van der Waals surface area contributed by atoms with Crippen LogP contribution in [0.3, 0.4) is 0 Å². The molecular formula is C25H35N7O5. The second kappa shape index (κ2) is 11.1. The highest BCUT2D eigenvalue weighted by molar-refractivity contribution is 5.83. The molecule has 0 aliphatic carbocycles. The number of fused-ring (bicyclic) bond motifs is 1. The van der Waals surface area contributed by atoms with Gasteiger partial charge in [0.1, 0.15) is 12.6 Å². The van der Waals surface area contributed by atoms with E-state index in [1.807, 2.05) is 16.7 Å². The fourth-order valence-corrected chi connectivity index (χ4v) is 5.06. The number of methoxy groups -OCH3 is 3. The molecule has 3 aromatic rings. The Balaban J connectivity index is 1.40. The number of benzene rings is 1. The van der Waals surface area contributed by atoms with Crippen LogP contribution in [0, 0.1) is 0 Å². The van der Waals surface area contributed by atoms with Gasteiger partial charge < -0.3 is 33.9 Å². The number of rotatable bonds is 8. The molecule has 0 spiro atoms. The van der Waals surface area contributed by atoms with E-state index in [4.69, 9.17) is 18.9 Å². The number of imidazole rings is 1. The lowest BCUT2D eigenvalue weighted by molar-refractivity contribution is -0.135. The number of hydrogen-bond donors (Lipinski definition) is 1. The van der Waals surface area contributed by atoms with Crippen molar-refractivity contribution >= 4 is 17.0 Å². The number of piperazine rings is 1. The van der Waals surface area contributed by atoms with E-state index in [0.717, 1.165) is 48.7 Å². The summed E-state index contributed by atoms with van der Waals surface area (Å²) in [6, 6.07) is 3.89. The number of hydrogen-bond acceptors (Lipinski definition) is 11. The van der Waals surface area contributed by atoms with Crippen LogP contribution in [0.5, 0.6) is 17.2 Å². The van der Waals surface area contributed by atoms with Crippen molar-refractivity contribution in [2.75, 3.05) is 79.2 Å². The van der Waals surface area contributed by atoms with Gasteiger partial charge in [-0.25, -0.2) is 15.0 Å². The summed E-state index contributed by atoms with van der Waals surface area (Å²) in [6.45, 7) is 5.44. The third kappa shape index (κ3) is 5.14. The third-order valence-electron chi connectivity index (χ3n) is 7.01. The maximum atomic E-state index is 10.0. The number of anilines is 1. The zero-order valence-corrected chi connectivity index (χ0v) is 21.8. The minimum Gasteiger partial charge on any atom is -0.493 e. The number of aromatic nitrogens is 4. The minimum atomic E-state index is -0.367. The molecule has 2 fully saturated rings. The SMILES string of the molecule is COc1cc(CN2C[C@@H](CO)O[C@@H](n3cnc4c(N5CCN(C)CC5)ncnc43)C2)cc(OC)c1OC. The lowest BCUT2D eigenvalue weighted by Gasteiger charge is -2.38. The zero-order valence-electron chi connectivity index (χ0n) is 21.8. The molecule has 0 saturated carbocycles. The van der Waals surface area contributed by atoms with Gasteiger partial charge in [0.05, 0.1) is 40.4 Å². The zero-order chi connectivity index (χ0) is 25.9. The lowest BCUT2D eigenvalue weighted by Crippen LogP contribution is -2.46. The molecule has 2 aliphatic rings. The number of aliphatic hydroxyl groups is 1. The standard InChI is InChI=1S/C25H35N7O5/c1-29-5-7-31(8-6-29)24-22-25(27-15-26-24)32(16-28-22)21-13-30(12-18(14-33)37-21)11-17-9-19(34-2)23(36-4)20(10-17)35-3/h9-10,15-16,18,21,33H,5-8,11-14H2,1-4H3/t18-,21+/m0/s1. The average molecular weight is 514 g/mol. The predicted octanol–water partition coefficient (Wildman–Crippen LogP) is 0.996. The Morgan fingerprint density at radius 2 is 1.70 bits per heavy atom. The Hall–Kier alpha value is -3.19. The van der Waals surface area contributed by atoms with E-state index in [1.54, 1.807) is 34.0 Å². The third-order valence-corrected chi connectivity index (χ3v) is 7.01. The van der Waals surface area contributed by atoms with Gasteiger partial charge in [-0.15, -0.1) is 0 Å². The molecule has 0 radical (unpaired) electrons. The first kappa shape index (κ1) is 25.5. The molecule has 0 bridgehead atoms. The summed E-state index contributed by atoms with van der Waals surface area (Å²) in [4.78, 5) is 20.6. The first-order valence-electron chi connectivity index (χ1n) is 12.4. The van der Waals surface area contributed by atoms with Gasteiger partial charge in [-0.05, 0) is 24.7 Å². The molecule has 2 aromatic heterocycles. The van der Waals surface area contributed by atoms with E-state index in [1.165, 1.54) is 0 Å². The smallest absolute Gasteiger partial charge is 0.203 e. The van der Waals surface area contributed by atoms with E-state index in [2.05, 4.69) is 36.7 Å². The molecule has 1 aromatic carbocycles. The monoisotopic (exact) mass is 513 g/mol. The largest absolute Gasteiger partial charge is 0.493 e. The maximum absolute atomic E-state index is 10.0. The second-order valence-electron chi connectivity index (χ2n) is 9.43. The minimum absolute atomic E-state index is 0.0869. The van der Waals surface area contributed by atoms with Crippen LogP contribution in [0.1, 0.15) is 11.8 Å². The molecular weight excluding hydrogens is 478 g/mol. The summed E-state index contributed by atoms with van der Waals surface area (Å²) >= 11 is 0. The fourth-order valence-electron chi connectivity index (χ4n) is 5.06. The van der Waals surface area contributed by atoms with Crippen LogP contribution in [0.15, 0.2) is 24.8 Å². The van der Waals surface area contributed by atoms with E-state index >= 15 is 0 Å². The van der Waals surface area contributed by atoms with Crippen LogP contribution < -0.4 is 19.1 Å². The Kier molecular flexibility index (Phi) is 7.60. The van der Waals surface area contributed by atoms with Gasteiger partial charge in [0, 0.05) is 45.8 Å². The topological polar surface area (TPSA) is 110 Å². The van der Waals surface area contributed by atoms with Crippen LogP contribution in [-0.2, 0) is 11.3 Å². The molecule has 12 nitrogen and oxygen atoms in total. The van der Waals surface area contributed by atoms with Gasteiger partial charge in [-0.1, -0.05) is 0 Å². The summed E-state index contributed by atoms with van der Waals surface area (Å²) in [5, 5.41) is 10.0. The van der Waals surface area contributed by atoms with Gasteiger partial charge in [0.25, 0.3) is 0 Å². The number of morpholine rings is 1. The number of likely N-dealkylation sites (N-methyl/N-ethyl adjacent to an activating group) is 1. The highest BCUT2D eigenvalue weighted by Gasteiger charge is 2.31. The molecule has 4 heterocycles. The van der Waals surface area contributed by atoms with E-state index in [0.29, 0.717) is 36.9 Å². The summed E-state index contributed by atoms with van der Waals surface area (Å²) in [5.74, 6) is 2.62. The molecule has 12 heteroatoms. The molecule has 2 aliphatic heterocycles. The van der Waals surface area contributed by atoms with E-state index in [-0.39, 0.29) is 18.9 Å². The molecule has 200 valence electrons. The van der Waals surface area contributed by atoms with Gasteiger partial charge in [-0.3, -0.25) is 9.47 Å². The highest BCUT2D eigenvalue weighted by atomic mass is 16.5. The van der Waals surface area contributed by atoms with Gasteiger partial charge in [-0.2, -0.15) is 0 Å². The Bertz CT molecular complexity index is 1190. The molecule has 37 heavy (non-hydrogen) atoms. The van der Waals surface area contributed by atoms with E-state index in [9.17, 15) is 5.11 Å². The van der Waals surface area contributed by atoms with Crippen LogP contribution >= 0.6 is 0 Å². The van der Waals surface area contributed by atoms with Gasteiger partial charge in [0.2, 0.25) is 5.75 Å². The summed E-state index contributed by atoms with van der Waals surface area (Å²) in [7, 11) is 6.93. The maximum Gasteiger partial charge on any atom is 0.203 e. The first-order valence-corrected chi connectivity index (χ1v) is 12.4. The van der Waals surface area contributed by atoms with Gasteiger partial charge in [0.15, 0.2) is 28.5 Å². The van der Waals surface area contributed by atoms with Crippen LogP contribution in [0.2, 0.25) is 0 Å². The highest BCUT2D eigenvalue weighted by Crippen LogP contribution is 2.39. The van der Waals surface area contributed by atoms with Crippen molar-refractivity contribution in [1.82, 2.24) is 29.3 Å². The van der Waals surface area contributed by atoms with Crippen molar-refractivity contribution < 1.29 is 24.1 Å². The lowest BCUT2D eigenvalue weighted by atomic mass is 10.1. The van der Waals surface area contributed by atoms with Crippen molar-refractivity contribution in [1.29, 1.82) is 0 Å². The summed E-state index contributed by atoms with van der Waals surface area (Å²) in [6.07, 6.45) is 2.64. The van der Waals surface area contributed by atoms with Crippen molar-refractivity contribution in [2.24, 2.45) is 0 Å². The first-order chi connectivity index (χ1) is 18.0. The molecule has 2 atom stereocenters. The number of aliphatic hydroxyl groups excluding tert-OH is 1. The van der Waals surface area contributed by atoms with Crippen molar-refractivity contribution in [3.05, 3.63) is 30.4 Å². The van der Waals surface area contributed by atoms with Crippen LogP contribution in [-0.4, -0.2) is 115 Å². The summed E-state index contributed by atoms with van der Waals surface area (Å²) in [5.41, 5.74) is 2.49. The van der Waals surface area contributed by atoms with Crippen molar-refractivity contribution in [3.8, 4) is 17.2 Å². The normalized spacial score (nSPS) is 21.4. The molecule has 0 amide bonds. The number of ether oxygens (including phenoxy) is 4. The van der Waals surface area contributed by atoms with Crippen molar-refractivity contribution in [3.63, 3.8) is 0 Å². The fraction of sp³-hybridized carbons (Fsp3) is 0.560. The quantitative estimate of drug-likeness (QED) is 0.466. The predicted molar refractivity (Wildman–Crippen MR) is 137 cm³/mol. The number of nitrogens with zero attached hydrogens (tertiary/aromatic N) is 7. The Morgan fingerprint density at radius 1 is 0.973 bits per heavy atom. The Labute approximate surface area is 216 Å². The molecule has 5 rings (SSSR count). The van der Waals surface area contributed by atoms with Crippen LogP contribution in [0.4, 0.5) is 5.82 Å². The molecule has 0 unspecified atom stereocenters. The summed E-state index contributed by atoms with van der Waals surface area (Å²) < 4.78 is 24.7. The van der Waals surface area contributed by atoms with Crippen LogP contribution in [0.25, 0.3) is 11.2 Å². The van der Waals surface area contributed by atoms with Crippen molar-refractivity contribution in [2.45, 2.75) is 18.9 Å². The Morgan fingerprint density at radius 3 is 2.35 bits per heavy atom. The molecule has 2 saturated heterocycles. The molecule has 1 N–H and O–H groups in total. The van der Waals surface area contributed by atoms with E-state index < -0.39 is 0 Å². The second-order valence-corrected chi connectivity index (χ2v) is 9.43. The average Bonchev–Trinajstić information content (AvgIpc) is 3.37. The van der Waals surface area contributed by atoms with Gasteiger partial charge >= 0.3 is 0 Å².